The van der Waals surface area contributed by atoms with Crippen LogP contribution in [-0.2, 0) is 5.41 Å². The SMILES string of the molecule is CC(C)(C)c1ccc2c(c1)c1cc(N(c3ccccc3)c3ccccc3)ccc1n2-c1ccc2ccc3cccc4ccc1c2c34. The first-order chi connectivity index (χ1) is 22.5. The van der Waals surface area contributed by atoms with Crippen molar-refractivity contribution < 1.29 is 0 Å². The molecule has 0 unspecified atom stereocenters. The zero-order valence-electron chi connectivity index (χ0n) is 26.3. The van der Waals surface area contributed by atoms with Crippen LogP contribution >= 0.6 is 0 Å². The Kier molecular flexibility index (Phi) is 5.79. The van der Waals surface area contributed by atoms with E-state index < -0.39 is 0 Å². The van der Waals surface area contributed by atoms with Crippen LogP contribution in [0.1, 0.15) is 26.3 Å². The number of hydrogen-bond acceptors (Lipinski definition) is 1. The van der Waals surface area contributed by atoms with Crippen LogP contribution in [-0.4, -0.2) is 4.57 Å². The lowest BCUT2D eigenvalue weighted by molar-refractivity contribution is 0.591. The van der Waals surface area contributed by atoms with Crippen LogP contribution in [0.4, 0.5) is 17.1 Å². The topological polar surface area (TPSA) is 8.17 Å². The third-order valence-electron chi connectivity index (χ3n) is 9.65. The van der Waals surface area contributed by atoms with Gasteiger partial charge in [0.2, 0.25) is 0 Å². The van der Waals surface area contributed by atoms with Gasteiger partial charge in [-0.05, 0) is 98.6 Å². The van der Waals surface area contributed by atoms with Crippen molar-refractivity contribution >= 4 is 71.2 Å². The number of benzene rings is 8. The molecule has 0 saturated heterocycles. The third-order valence-corrected chi connectivity index (χ3v) is 9.65. The Hall–Kier alpha value is -5.60. The highest BCUT2D eigenvalue weighted by molar-refractivity contribution is 6.25. The highest BCUT2D eigenvalue weighted by Gasteiger charge is 2.21. The predicted octanol–water partition coefficient (Wildman–Crippen LogP) is 12.4. The average molecular weight is 591 g/mol. The highest BCUT2D eigenvalue weighted by Crippen LogP contribution is 2.43. The zero-order chi connectivity index (χ0) is 31.0. The van der Waals surface area contributed by atoms with Gasteiger partial charge in [-0.1, -0.05) is 112 Å². The first kappa shape index (κ1) is 26.8. The van der Waals surface area contributed by atoms with Gasteiger partial charge in [0.15, 0.2) is 0 Å². The number of rotatable bonds is 4. The molecule has 1 heterocycles. The van der Waals surface area contributed by atoms with Gasteiger partial charge in [-0.15, -0.1) is 0 Å². The molecule has 0 aliphatic rings. The first-order valence-corrected chi connectivity index (χ1v) is 16.1. The summed E-state index contributed by atoms with van der Waals surface area (Å²) in [6.45, 7) is 6.89. The molecule has 2 heteroatoms. The molecule has 0 amide bonds. The molecule has 0 N–H and O–H groups in total. The Morgan fingerprint density at radius 2 is 1.00 bits per heavy atom. The summed E-state index contributed by atoms with van der Waals surface area (Å²) in [5, 5.41) is 10.3. The number of anilines is 3. The van der Waals surface area contributed by atoms with E-state index in [0.717, 1.165) is 17.1 Å². The number of aromatic nitrogens is 1. The van der Waals surface area contributed by atoms with E-state index in [9.17, 15) is 0 Å². The Morgan fingerprint density at radius 1 is 0.435 bits per heavy atom. The predicted molar refractivity (Wildman–Crippen MR) is 198 cm³/mol. The summed E-state index contributed by atoms with van der Waals surface area (Å²) in [7, 11) is 0. The van der Waals surface area contributed by atoms with Crippen LogP contribution in [0.25, 0.3) is 59.8 Å². The highest BCUT2D eigenvalue weighted by atomic mass is 15.1. The standard InChI is InChI=1S/C44H34N2/c1-44(2,3)32-21-25-40-37(27-32)38-28-35(45(33-13-6-4-7-14-33)34-15-8-5-9-16-34)22-26-41(38)46(40)39-24-20-31-18-17-29-11-10-12-30-19-23-36(39)43(31)42(29)30/h4-28H,1-3H3. The first-order valence-electron chi connectivity index (χ1n) is 16.1. The zero-order valence-corrected chi connectivity index (χ0v) is 26.3. The summed E-state index contributed by atoms with van der Waals surface area (Å²) in [6, 6.07) is 55.7. The minimum atomic E-state index is 0.0351. The third kappa shape index (κ3) is 4.03. The summed E-state index contributed by atoms with van der Waals surface area (Å²) >= 11 is 0. The van der Waals surface area contributed by atoms with Gasteiger partial charge in [-0.3, -0.25) is 0 Å². The average Bonchev–Trinajstić information content (AvgIpc) is 3.41. The quantitative estimate of drug-likeness (QED) is 0.185. The van der Waals surface area contributed by atoms with Gasteiger partial charge < -0.3 is 9.47 Å². The van der Waals surface area contributed by atoms with Crippen LogP contribution in [0.15, 0.2) is 152 Å². The maximum absolute atomic E-state index is 2.49. The number of nitrogens with zero attached hydrogens (tertiary/aromatic N) is 2. The lowest BCUT2D eigenvalue weighted by Crippen LogP contribution is -2.10. The van der Waals surface area contributed by atoms with Crippen LogP contribution < -0.4 is 4.90 Å². The van der Waals surface area contributed by atoms with Gasteiger partial charge in [-0.2, -0.15) is 0 Å². The monoisotopic (exact) mass is 590 g/mol. The van der Waals surface area contributed by atoms with Crippen molar-refractivity contribution in [3.05, 3.63) is 157 Å². The Labute approximate surface area is 269 Å². The number of fused-ring (bicyclic) bond motifs is 3. The Morgan fingerprint density at radius 3 is 1.65 bits per heavy atom. The molecule has 8 aromatic carbocycles. The molecule has 9 aromatic rings. The Bertz CT molecular complexity index is 2500. The number of para-hydroxylation sites is 2. The molecule has 0 bridgehead atoms. The van der Waals surface area contributed by atoms with Crippen LogP contribution in [0.2, 0.25) is 0 Å². The van der Waals surface area contributed by atoms with Crippen molar-refractivity contribution in [2.75, 3.05) is 4.90 Å². The van der Waals surface area contributed by atoms with E-state index in [0.29, 0.717) is 0 Å². The van der Waals surface area contributed by atoms with Crippen molar-refractivity contribution in [3.8, 4) is 5.69 Å². The smallest absolute Gasteiger partial charge is 0.0542 e. The van der Waals surface area contributed by atoms with Crippen molar-refractivity contribution in [2.45, 2.75) is 26.2 Å². The molecular formula is C44H34N2. The van der Waals surface area contributed by atoms with Gasteiger partial charge >= 0.3 is 0 Å². The van der Waals surface area contributed by atoms with Gasteiger partial charge in [0.25, 0.3) is 0 Å². The van der Waals surface area contributed by atoms with Gasteiger partial charge in [0, 0.05) is 33.2 Å². The van der Waals surface area contributed by atoms with E-state index in [1.807, 2.05) is 0 Å². The van der Waals surface area contributed by atoms with E-state index in [2.05, 4.69) is 182 Å². The summed E-state index contributed by atoms with van der Waals surface area (Å²) < 4.78 is 2.49. The molecule has 0 saturated carbocycles. The maximum Gasteiger partial charge on any atom is 0.0542 e. The van der Waals surface area contributed by atoms with E-state index in [-0.39, 0.29) is 5.41 Å². The molecule has 1 aromatic heterocycles. The minimum absolute atomic E-state index is 0.0351. The van der Waals surface area contributed by atoms with Crippen LogP contribution in [0.5, 0.6) is 0 Å². The summed E-state index contributed by atoms with van der Waals surface area (Å²) in [6.07, 6.45) is 0. The van der Waals surface area contributed by atoms with Crippen molar-refractivity contribution in [2.24, 2.45) is 0 Å². The molecule has 0 fully saturated rings. The fraction of sp³-hybridized carbons (Fsp3) is 0.0909. The van der Waals surface area contributed by atoms with E-state index in [1.165, 1.54) is 65.4 Å². The van der Waals surface area contributed by atoms with Gasteiger partial charge in [0.05, 0.1) is 16.7 Å². The summed E-state index contributed by atoms with van der Waals surface area (Å²) in [5.41, 5.74) is 8.43. The van der Waals surface area contributed by atoms with Crippen molar-refractivity contribution in [1.82, 2.24) is 4.57 Å². The summed E-state index contributed by atoms with van der Waals surface area (Å²) in [4.78, 5) is 2.35. The van der Waals surface area contributed by atoms with E-state index in [4.69, 9.17) is 0 Å². The maximum atomic E-state index is 2.49. The fourth-order valence-corrected chi connectivity index (χ4v) is 7.39. The normalized spacial score (nSPS) is 12.2. The second kappa shape index (κ2) is 9.95. The van der Waals surface area contributed by atoms with Crippen LogP contribution in [0, 0.1) is 0 Å². The molecule has 0 spiro atoms. The largest absolute Gasteiger partial charge is 0.310 e. The number of hydrogen-bond donors (Lipinski definition) is 0. The minimum Gasteiger partial charge on any atom is -0.310 e. The lowest BCUT2D eigenvalue weighted by Gasteiger charge is -2.25. The fourth-order valence-electron chi connectivity index (χ4n) is 7.39. The molecule has 220 valence electrons. The van der Waals surface area contributed by atoms with Crippen molar-refractivity contribution in [3.63, 3.8) is 0 Å². The van der Waals surface area contributed by atoms with E-state index >= 15 is 0 Å². The second-order valence-corrected chi connectivity index (χ2v) is 13.5. The molecule has 9 rings (SSSR count). The van der Waals surface area contributed by atoms with Crippen LogP contribution in [0.3, 0.4) is 0 Å². The molecule has 0 radical (unpaired) electrons. The van der Waals surface area contributed by atoms with Gasteiger partial charge in [0.1, 0.15) is 0 Å². The van der Waals surface area contributed by atoms with E-state index in [1.54, 1.807) is 0 Å². The Balaban J connectivity index is 1.36. The molecular weight excluding hydrogens is 556 g/mol. The van der Waals surface area contributed by atoms with Gasteiger partial charge in [-0.25, -0.2) is 0 Å². The molecule has 46 heavy (non-hydrogen) atoms. The second-order valence-electron chi connectivity index (χ2n) is 13.5. The summed E-state index contributed by atoms with van der Waals surface area (Å²) in [5.74, 6) is 0. The van der Waals surface area contributed by atoms with Crippen molar-refractivity contribution in [1.29, 1.82) is 0 Å². The molecule has 0 aliphatic heterocycles. The molecule has 0 atom stereocenters. The molecule has 0 aliphatic carbocycles. The molecule has 2 nitrogen and oxygen atoms in total. The lowest BCUT2D eigenvalue weighted by atomic mass is 9.86.